The second-order valence-corrected chi connectivity index (χ2v) is 3.96. The summed E-state index contributed by atoms with van der Waals surface area (Å²) in [6.45, 7) is 0. The molecule has 0 aromatic carbocycles. The molecule has 1 heterocycles. The van der Waals surface area contributed by atoms with Gasteiger partial charge in [0.25, 0.3) is 0 Å². The molecule has 0 aliphatic rings. The number of aromatic nitrogens is 1. The summed E-state index contributed by atoms with van der Waals surface area (Å²) < 4.78 is 78.3. The second kappa shape index (κ2) is 5.96. The van der Waals surface area contributed by atoms with Crippen LogP contribution in [0.2, 0.25) is 0 Å². The van der Waals surface area contributed by atoms with Crippen molar-refractivity contribution in [3.63, 3.8) is 0 Å². The SMILES string of the molecule is O=C(O)Cc1cc(OC(F)(F)F)c(CCl)c(C(F)(F)F)n1. The summed E-state index contributed by atoms with van der Waals surface area (Å²) in [6, 6.07) is 0.467. The molecule has 1 aromatic rings. The van der Waals surface area contributed by atoms with E-state index in [0.29, 0.717) is 6.07 Å². The lowest BCUT2D eigenvalue weighted by Crippen LogP contribution is -2.21. The molecule has 0 radical (unpaired) electrons. The van der Waals surface area contributed by atoms with Crippen molar-refractivity contribution in [2.24, 2.45) is 0 Å². The fourth-order valence-electron chi connectivity index (χ4n) is 1.42. The first-order valence-corrected chi connectivity index (χ1v) is 5.61. The number of aliphatic carboxylic acids is 1. The first kappa shape index (κ1) is 17.3. The number of nitrogens with zero attached hydrogens (tertiary/aromatic N) is 1. The zero-order valence-electron chi connectivity index (χ0n) is 9.85. The maximum Gasteiger partial charge on any atom is 0.573 e. The Morgan fingerprint density at radius 3 is 2.24 bits per heavy atom. The van der Waals surface area contributed by atoms with Gasteiger partial charge in [-0.25, -0.2) is 4.98 Å². The highest BCUT2D eigenvalue weighted by molar-refractivity contribution is 6.17. The van der Waals surface area contributed by atoms with Gasteiger partial charge < -0.3 is 9.84 Å². The quantitative estimate of drug-likeness (QED) is 0.676. The van der Waals surface area contributed by atoms with Gasteiger partial charge in [0.15, 0.2) is 5.69 Å². The number of rotatable bonds is 4. The van der Waals surface area contributed by atoms with Gasteiger partial charge in [0.1, 0.15) is 5.75 Å². The summed E-state index contributed by atoms with van der Waals surface area (Å²) in [4.78, 5) is 13.5. The Hall–Kier alpha value is -1.71. The molecule has 4 nitrogen and oxygen atoms in total. The smallest absolute Gasteiger partial charge is 0.481 e. The maximum absolute atomic E-state index is 12.8. The van der Waals surface area contributed by atoms with Crippen molar-refractivity contribution in [2.75, 3.05) is 0 Å². The average Bonchev–Trinajstić information content (AvgIpc) is 2.23. The lowest BCUT2D eigenvalue weighted by Gasteiger charge is -2.17. The minimum absolute atomic E-state index is 0.467. The molecule has 11 heteroatoms. The summed E-state index contributed by atoms with van der Waals surface area (Å²) in [5.41, 5.74) is -3.46. The van der Waals surface area contributed by atoms with Gasteiger partial charge >= 0.3 is 18.5 Å². The molecule has 0 bridgehead atoms. The Bertz CT molecular complexity index is 543. The zero-order chi connectivity index (χ0) is 16.4. The van der Waals surface area contributed by atoms with Crippen molar-refractivity contribution in [2.45, 2.75) is 24.8 Å². The van der Waals surface area contributed by atoms with Crippen LogP contribution >= 0.6 is 11.6 Å². The van der Waals surface area contributed by atoms with Crippen LogP contribution in [-0.2, 0) is 23.3 Å². The first-order chi connectivity index (χ1) is 9.44. The molecule has 118 valence electrons. The van der Waals surface area contributed by atoms with Gasteiger partial charge in [0.2, 0.25) is 0 Å². The van der Waals surface area contributed by atoms with Gasteiger partial charge in [-0.3, -0.25) is 4.79 Å². The molecule has 0 spiro atoms. The van der Waals surface area contributed by atoms with Crippen molar-refractivity contribution >= 4 is 17.6 Å². The average molecular weight is 338 g/mol. The fourth-order valence-corrected chi connectivity index (χ4v) is 1.68. The molecule has 0 aliphatic carbocycles. The van der Waals surface area contributed by atoms with Crippen molar-refractivity contribution in [1.82, 2.24) is 4.98 Å². The monoisotopic (exact) mass is 337 g/mol. The molecule has 1 aromatic heterocycles. The van der Waals surface area contributed by atoms with Crippen molar-refractivity contribution in [3.8, 4) is 5.75 Å². The third-order valence-electron chi connectivity index (χ3n) is 2.10. The molecule has 0 fully saturated rings. The van der Waals surface area contributed by atoms with Crippen molar-refractivity contribution in [3.05, 3.63) is 23.0 Å². The largest absolute Gasteiger partial charge is 0.573 e. The van der Waals surface area contributed by atoms with E-state index in [9.17, 15) is 31.1 Å². The summed E-state index contributed by atoms with van der Waals surface area (Å²) in [7, 11) is 0. The lowest BCUT2D eigenvalue weighted by molar-refractivity contribution is -0.275. The third-order valence-corrected chi connectivity index (χ3v) is 2.36. The number of carboxylic acid groups (broad SMARTS) is 1. The standard InChI is InChI=1S/C10H6ClF6NO3/c11-3-5-6(21-10(15,16)17)1-4(2-7(19)20)18-8(5)9(12,13)14/h1H,2-3H2,(H,19,20). The molecule has 0 atom stereocenters. The third kappa shape index (κ3) is 4.96. The van der Waals surface area contributed by atoms with Gasteiger partial charge in [0, 0.05) is 11.6 Å². The highest BCUT2D eigenvalue weighted by atomic mass is 35.5. The summed E-state index contributed by atoms with van der Waals surface area (Å²) >= 11 is 5.23. The number of carbonyl (C=O) groups is 1. The molecule has 21 heavy (non-hydrogen) atoms. The van der Waals surface area contributed by atoms with Gasteiger partial charge in [-0.15, -0.1) is 24.8 Å². The van der Waals surface area contributed by atoms with E-state index < -0.39 is 53.5 Å². The van der Waals surface area contributed by atoms with E-state index in [-0.39, 0.29) is 0 Å². The number of pyridine rings is 1. The molecule has 0 aliphatic heterocycles. The number of halogens is 7. The molecular formula is C10H6ClF6NO3. The normalized spacial score (nSPS) is 12.3. The van der Waals surface area contributed by atoms with Crippen LogP contribution in [0.15, 0.2) is 6.07 Å². The number of hydrogen-bond donors (Lipinski definition) is 1. The second-order valence-electron chi connectivity index (χ2n) is 3.69. The van der Waals surface area contributed by atoms with Gasteiger partial charge in [-0.2, -0.15) is 13.2 Å². The molecular weight excluding hydrogens is 332 g/mol. The van der Waals surface area contributed by atoms with E-state index in [1.54, 1.807) is 0 Å². The van der Waals surface area contributed by atoms with Gasteiger partial charge in [-0.05, 0) is 0 Å². The van der Waals surface area contributed by atoms with Crippen LogP contribution in [-0.4, -0.2) is 22.4 Å². The van der Waals surface area contributed by atoms with E-state index in [1.165, 1.54) is 0 Å². The number of hydrogen-bond acceptors (Lipinski definition) is 3. The van der Waals surface area contributed by atoms with Crippen LogP contribution in [0.25, 0.3) is 0 Å². The molecule has 0 amide bonds. The molecule has 0 saturated heterocycles. The van der Waals surface area contributed by atoms with E-state index in [0.717, 1.165) is 0 Å². The van der Waals surface area contributed by atoms with Crippen molar-refractivity contribution < 1.29 is 41.0 Å². The molecule has 1 rings (SSSR count). The van der Waals surface area contributed by atoms with Gasteiger partial charge in [0.05, 0.1) is 18.0 Å². The van der Waals surface area contributed by atoms with E-state index >= 15 is 0 Å². The fraction of sp³-hybridized carbons (Fsp3) is 0.400. The zero-order valence-corrected chi connectivity index (χ0v) is 10.6. The predicted octanol–water partition coefficient (Wildman–Crippen LogP) is 3.36. The van der Waals surface area contributed by atoms with E-state index in [2.05, 4.69) is 9.72 Å². The van der Waals surface area contributed by atoms with E-state index in [1.807, 2.05) is 0 Å². The summed E-state index contributed by atoms with van der Waals surface area (Å²) in [6.07, 6.45) is -11.4. The Balaban J connectivity index is 3.48. The minimum atomic E-state index is -5.26. The Morgan fingerprint density at radius 2 is 1.86 bits per heavy atom. The van der Waals surface area contributed by atoms with Crippen LogP contribution in [0.3, 0.4) is 0 Å². The Morgan fingerprint density at radius 1 is 1.29 bits per heavy atom. The molecule has 0 unspecified atom stereocenters. The first-order valence-electron chi connectivity index (χ1n) is 5.07. The highest BCUT2D eigenvalue weighted by Gasteiger charge is 2.40. The van der Waals surface area contributed by atoms with Crippen LogP contribution in [0, 0.1) is 0 Å². The number of ether oxygens (including phenoxy) is 1. The number of carboxylic acids is 1. The van der Waals surface area contributed by atoms with Crippen LogP contribution in [0.5, 0.6) is 5.75 Å². The Kier molecular flexibility index (Phi) is 4.92. The van der Waals surface area contributed by atoms with Crippen LogP contribution < -0.4 is 4.74 Å². The Labute approximate surface area is 118 Å². The molecule has 1 N–H and O–H groups in total. The topological polar surface area (TPSA) is 59.4 Å². The number of alkyl halides is 7. The minimum Gasteiger partial charge on any atom is -0.481 e. The van der Waals surface area contributed by atoms with Crippen LogP contribution in [0.1, 0.15) is 17.0 Å². The summed E-state index contributed by atoms with van der Waals surface area (Å²) in [5.74, 6) is -3.73. The van der Waals surface area contributed by atoms with Crippen LogP contribution in [0.4, 0.5) is 26.3 Å². The lowest BCUT2D eigenvalue weighted by atomic mass is 10.1. The van der Waals surface area contributed by atoms with E-state index in [4.69, 9.17) is 16.7 Å². The summed E-state index contributed by atoms with van der Waals surface area (Å²) in [5, 5.41) is 8.50. The molecule has 0 saturated carbocycles. The van der Waals surface area contributed by atoms with Crippen molar-refractivity contribution in [1.29, 1.82) is 0 Å². The highest BCUT2D eigenvalue weighted by Crippen LogP contribution is 2.38. The van der Waals surface area contributed by atoms with Gasteiger partial charge in [-0.1, -0.05) is 0 Å². The maximum atomic E-state index is 12.8. The predicted molar refractivity (Wildman–Crippen MR) is 56.8 cm³/mol.